The summed E-state index contributed by atoms with van der Waals surface area (Å²) < 4.78 is 17.2. The summed E-state index contributed by atoms with van der Waals surface area (Å²) in [6.07, 6.45) is 1.36. The Kier molecular flexibility index (Phi) is 2.20. The van der Waals surface area contributed by atoms with E-state index in [1.807, 2.05) is 6.92 Å². The Balaban J connectivity index is 2.69. The minimum atomic E-state index is -0.483. The number of hydrogen-bond donors (Lipinski definition) is 0. The molecule has 3 heteroatoms. The van der Waals surface area contributed by atoms with Crippen molar-refractivity contribution >= 4 is 0 Å². The van der Waals surface area contributed by atoms with Crippen LogP contribution in [0.3, 0.4) is 0 Å². The van der Waals surface area contributed by atoms with E-state index < -0.39 is 5.95 Å². The molecule has 0 bridgehead atoms. The van der Waals surface area contributed by atoms with Crippen LogP contribution >= 0.6 is 0 Å². The standard InChI is InChI=1S/C7H8FNO/c1-2-10-6-3-4-7(8)9-5-6/h3-5H,2H2,1H3. The molecule has 0 aliphatic heterocycles. The quantitative estimate of drug-likeness (QED) is 0.584. The summed E-state index contributed by atoms with van der Waals surface area (Å²) >= 11 is 0. The fraction of sp³-hybridized carbons (Fsp3) is 0.286. The molecule has 0 radical (unpaired) electrons. The second kappa shape index (κ2) is 3.15. The van der Waals surface area contributed by atoms with Crippen LogP contribution in [0.5, 0.6) is 5.75 Å². The van der Waals surface area contributed by atoms with E-state index in [-0.39, 0.29) is 0 Å². The van der Waals surface area contributed by atoms with Crippen molar-refractivity contribution in [1.29, 1.82) is 0 Å². The Morgan fingerprint density at radius 2 is 2.40 bits per heavy atom. The van der Waals surface area contributed by atoms with E-state index in [9.17, 15) is 4.39 Å². The highest BCUT2D eigenvalue weighted by Gasteiger charge is 1.91. The Morgan fingerprint density at radius 1 is 1.60 bits per heavy atom. The van der Waals surface area contributed by atoms with Crippen LogP contribution < -0.4 is 4.74 Å². The average Bonchev–Trinajstić information content (AvgIpc) is 1.95. The molecule has 0 aliphatic carbocycles. The zero-order valence-electron chi connectivity index (χ0n) is 5.67. The highest BCUT2D eigenvalue weighted by atomic mass is 19.1. The Bertz CT molecular complexity index is 197. The monoisotopic (exact) mass is 141 g/mol. The number of nitrogens with zero attached hydrogens (tertiary/aromatic N) is 1. The normalized spacial score (nSPS) is 9.40. The van der Waals surface area contributed by atoms with E-state index in [2.05, 4.69) is 4.98 Å². The van der Waals surface area contributed by atoms with Crippen molar-refractivity contribution in [2.45, 2.75) is 6.92 Å². The van der Waals surface area contributed by atoms with Gasteiger partial charge in [0, 0.05) is 0 Å². The molecule has 1 aromatic rings. The van der Waals surface area contributed by atoms with Crippen LogP contribution in [0.1, 0.15) is 6.92 Å². The summed E-state index contributed by atoms with van der Waals surface area (Å²) in [5.74, 6) is 0.118. The summed E-state index contributed by atoms with van der Waals surface area (Å²) in [6, 6.07) is 2.82. The topological polar surface area (TPSA) is 22.1 Å². The van der Waals surface area contributed by atoms with Crippen LogP contribution in [-0.4, -0.2) is 11.6 Å². The van der Waals surface area contributed by atoms with Crippen LogP contribution in [-0.2, 0) is 0 Å². The van der Waals surface area contributed by atoms with Gasteiger partial charge in [-0.1, -0.05) is 0 Å². The number of halogens is 1. The zero-order valence-corrected chi connectivity index (χ0v) is 5.67. The van der Waals surface area contributed by atoms with Gasteiger partial charge in [0.25, 0.3) is 0 Å². The van der Waals surface area contributed by atoms with Crippen molar-refractivity contribution in [3.63, 3.8) is 0 Å². The Morgan fingerprint density at radius 3 is 2.90 bits per heavy atom. The van der Waals surface area contributed by atoms with Crippen molar-refractivity contribution in [2.75, 3.05) is 6.61 Å². The van der Waals surface area contributed by atoms with E-state index in [4.69, 9.17) is 4.74 Å². The van der Waals surface area contributed by atoms with Gasteiger partial charge in [-0.25, -0.2) is 4.98 Å². The van der Waals surface area contributed by atoms with Crippen LogP contribution in [0.15, 0.2) is 18.3 Å². The highest BCUT2D eigenvalue weighted by Crippen LogP contribution is 2.07. The van der Waals surface area contributed by atoms with Gasteiger partial charge in [0.1, 0.15) is 5.75 Å². The first kappa shape index (κ1) is 6.99. The zero-order chi connectivity index (χ0) is 7.40. The molecule has 0 N–H and O–H groups in total. The summed E-state index contributed by atoms with van der Waals surface area (Å²) in [6.45, 7) is 2.44. The molecule has 0 unspecified atom stereocenters. The van der Waals surface area contributed by atoms with Gasteiger partial charge < -0.3 is 4.74 Å². The Hall–Kier alpha value is -1.12. The predicted molar refractivity (Wildman–Crippen MR) is 35.4 cm³/mol. The lowest BCUT2D eigenvalue weighted by Crippen LogP contribution is -1.92. The second-order valence-electron chi connectivity index (χ2n) is 1.75. The summed E-state index contributed by atoms with van der Waals surface area (Å²) in [7, 11) is 0. The predicted octanol–water partition coefficient (Wildman–Crippen LogP) is 1.62. The molecular weight excluding hydrogens is 133 g/mol. The van der Waals surface area contributed by atoms with Crippen molar-refractivity contribution in [2.24, 2.45) is 0 Å². The molecule has 2 nitrogen and oxygen atoms in total. The number of aromatic nitrogens is 1. The molecule has 0 atom stereocenters. The van der Waals surface area contributed by atoms with Crippen molar-refractivity contribution in [3.05, 3.63) is 24.3 Å². The van der Waals surface area contributed by atoms with Gasteiger partial charge in [0.05, 0.1) is 12.8 Å². The molecule has 0 aromatic carbocycles. The molecule has 0 saturated heterocycles. The third-order valence-electron chi connectivity index (χ3n) is 1.01. The van der Waals surface area contributed by atoms with Crippen LogP contribution in [0.2, 0.25) is 0 Å². The first-order valence-electron chi connectivity index (χ1n) is 3.07. The van der Waals surface area contributed by atoms with Crippen molar-refractivity contribution in [3.8, 4) is 5.75 Å². The lowest BCUT2D eigenvalue weighted by Gasteiger charge is -1.99. The van der Waals surface area contributed by atoms with E-state index in [1.54, 1.807) is 6.07 Å². The first-order chi connectivity index (χ1) is 4.83. The average molecular weight is 141 g/mol. The minimum Gasteiger partial charge on any atom is -0.492 e. The number of rotatable bonds is 2. The summed E-state index contributed by atoms with van der Waals surface area (Å²) in [5.41, 5.74) is 0. The number of ether oxygens (including phenoxy) is 1. The van der Waals surface area contributed by atoms with E-state index in [0.29, 0.717) is 12.4 Å². The number of hydrogen-bond acceptors (Lipinski definition) is 2. The van der Waals surface area contributed by atoms with E-state index in [0.717, 1.165) is 0 Å². The summed E-state index contributed by atoms with van der Waals surface area (Å²) in [4.78, 5) is 3.41. The van der Waals surface area contributed by atoms with Gasteiger partial charge >= 0.3 is 0 Å². The van der Waals surface area contributed by atoms with Gasteiger partial charge in [-0.05, 0) is 19.1 Å². The fourth-order valence-electron chi connectivity index (χ4n) is 0.614. The smallest absolute Gasteiger partial charge is 0.213 e. The van der Waals surface area contributed by atoms with Crippen LogP contribution in [0.25, 0.3) is 0 Å². The molecular formula is C7H8FNO. The third-order valence-corrected chi connectivity index (χ3v) is 1.01. The third kappa shape index (κ3) is 1.69. The maximum atomic E-state index is 12.2. The maximum absolute atomic E-state index is 12.2. The molecule has 0 spiro atoms. The highest BCUT2D eigenvalue weighted by molar-refractivity contribution is 5.15. The van der Waals surface area contributed by atoms with Gasteiger partial charge in [-0.3, -0.25) is 0 Å². The van der Waals surface area contributed by atoms with Crippen molar-refractivity contribution in [1.82, 2.24) is 4.98 Å². The molecule has 0 amide bonds. The molecule has 0 fully saturated rings. The minimum absolute atomic E-state index is 0.483. The molecule has 1 rings (SSSR count). The van der Waals surface area contributed by atoms with Gasteiger partial charge in [-0.2, -0.15) is 4.39 Å². The summed E-state index contributed by atoms with van der Waals surface area (Å²) in [5, 5.41) is 0. The second-order valence-corrected chi connectivity index (χ2v) is 1.75. The molecule has 10 heavy (non-hydrogen) atoms. The van der Waals surface area contributed by atoms with Gasteiger partial charge in [0.2, 0.25) is 5.95 Å². The molecule has 0 saturated carbocycles. The maximum Gasteiger partial charge on any atom is 0.213 e. The van der Waals surface area contributed by atoms with E-state index in [1.165, 1.54) is 12.3 Å². The Labute approximate surface area is 58.7 Å². The molecule has 54 valence electrons. The SMILES string of the molecule is CCOc1ccc(F)nc1. The molecule has 1 heterocycles. The first-order valence-corrected chi connectivity index (χ1v) is 3.07. The molecule has 1 aromatic heterocycles. The van der Waals surface area contributed by atoms with Gasteiger partial charge in [0.15, 0.2) is 0 Å². The lowest BCUT2D eigenvalue weighted by molar-refractivity contribution is 0.337. The molecule has 0 aliphatic rings. The van der Waals surface area contributed by atoms with Crippen molar-refractivity contribution < 1.29 is 9.13 Å². The van der Waals surface area contributed by atoms with E-state index >= 15 is 0 Å². The van der Waals surface area contributed by atoms with Crippen LogP contribution in [0.4, 0.5) is 4.39 Å². The van der Waals surface area contributed by atoms with Gasteiger partial charge in [-0.15, -0.1) is 0 Å². The lowest BCUT2D eigenvalue weighted by atomic mass is 10.4. The largest absolute Gasteiger partial charge is 0.492 e. The van der Waals surface area contributed by atoms with Crippen LogP contribution in [0, 0.1) is 5.95 Å². The number of pyridine rings is 1. The fourth-order valence-corrected chi connectivity index (χ4v) is 0.614.